The fraction of sp³-hybridized carbons (Fsp3) is 0.235. The molecule has 0 radical (unpaired) electrons. The van der Waals surface area contributed by atoms with Crippen LogP contribution in [0.15, 0.2) is 48.5 Å². The monoisotopic (exact) mass is 284 g/mol. The summed E-state index contributed by atoms with van der Waals surface area (Å²) in [6.07, 6.45) is 0.844. The summed E-state index contributed by atoms with van der Waals surface area (Å²) in [6.45, 7) is 1.24. The smallest absolute Gasteiger partial charge is 0.249 e. The predicted octanol–water partition coefficient (Wildman–Crippen LogP) is 2.59. The van der Waals surface area contributed by atoms with Gasteiger partial charge in [0.15, 0.2) is 0 Å². The lowest BCUT2D eigenvalue weighted by atomic mass is 10.1. The molecule has 0 aliphatic rings. The molecule has 3 N–H and O–H groups in total. The SMILES string of the molecule is COCCc1ccccc1NCc1ccccc1C(N)=O. The first-order chi connectivity index (χ1) is 10.2. The molecule has 0 atom stereocenters. The molecule has 21 heavy (non-hydrogen) atoms. The number of carbonyl (C=O) groups is 1. The molecule has 4 nitrogen and oxygen atoms in total. The van der Waals surface area contributed by atoms with Crippen molar-refractivity contribution in [1.29, 1.82) is 0 Å². The molecule has 0 saturated heterocycles. The molecule has 1 amide bonds. The van der Waals surface area contributed by atoms with Gasteiger partial charge in [-0.15, -0.1) is 0 Å². The van der Waals surface area contributed by atoms with Gasteiger partial charge in [0.1, 0.15) is 0 Å². The Bertz CT molecular complexity index is 611. The van der Waals surface area contributed by atoms with Gasteiger partial charge in [0, 0.05) is 24.9 Å². The van der Waals surface area contributed by atoms with Crippen molar-refractivity contribution in [2.24, 2.45) is 5.73 Å². The van der Waals surface area contributed by atoms with Crippen molar-refractivity contribution < 1.29 is 9.53 Å². The van der Waals surface area contributed by atoms with Crippen LogP contribution in [0.5, 0.6) is 0 Å². The molecule has 0 aliphatic carbocycles. The Kier molecular flexibility index (Phi) is 5.35. The number of hydrogen-bond acceptors (Lipinski definition) is 3. The molecule has 0 heterocycles. The number of rotatable bonds is 7. The maximum atomic E-state index is 11.4. The third-order valence-corrected chi connectivity index (χ3v) is 3.35. The average molecular weight is 284 g/mol. The summed E-state index contributed by atoms with van der Waals surface area (Å²) in [5.41, 5.74) is 9.09. The van der Waals surface area contributed by atoms with Crippen molar-refractivity contribution in [2.45, 2.75) is 13.0 Å². The Labute approximate surface area is 124 Å². The average Bonchev–Trinajstić information content (AvgIpc) is 2.52. The van der Waals surface area contributed by atoms with Crippen LogP contribution in [-0.4, -0.2) is 19.6 Å². The van der Waals surface area contributed by atoms with E-state index < -0.39 is 5.91 Å². The van der Waals surface area contributed by atoms with E-state index >= 15 is 0 Å². The Morgan fingerprint density at radius 1 is 1.10 bits per heavy atom. The van der Waals surface area contributed by atoms with Crippen LogP contribution in [0.3, 0.4) is 0 Å². The first kappa shape index (κ1) is 15.1. The molecule has 2 aromatic rings. The second-order valence-electron chi connectivity index (χ2n) is 4.77. The maximum Gasteiger partial charge on any atom is 0.249 e. The van der Waals surface area contributed by atoms with Crippen molar-refractivity contribution in [1.82, 2.24) is 0 Å². The van der Waals surface area contributed by atoms with Crippen molar-refractivity contribution in [2.75, 3.05) is 19.0 Å². The van der Waals surface area contributed by atoms with Gasteiger partial charge in [-0.2, -0.15) is 0 Å². The molecular weight excluding hydrogens is 264 g/mol. The number of primary amides is 1. The van der Waals surface area contributed by atoms with Crippen LogP contribution in [-0.2, 0) is 17.7 Å². The molecule has 110 valence electrons. The van der Waals surface area contributed by atoms with Gasteiger partial charge in [-0.25, -0.2) is 0 Å². The minimum Gasteiger partial charge on any atom is -0.384 e. The summed E-state index contributed by atoms with van der Waals surface area (Å²) in [6, 6.07) is 15.5. The van der Waals surface area contributed by atoms with E-state index in [9.17, 15) is 4.79 Å². The number of benzene rings is 2. The van der Waals surface area contributed by atoms with Crippen LogP contribution >= 0.6 is 0 Å². The zero-order valence-corrected chi connectivity index (χ0v) is 12.1. The Morgan fingerprint density at radius 3 is 2.48 bits per heavy atom. The second kappa shape index (κ2) is 7.45. The fourth-order valence-electron chi connectivity index (χ4n) is 2.23. The first-order valence-corrected chi connectivity index (χ1v) is 6.91. The van der Waals surface area contributed by atoms with Gasteiger partial charge in [-0.1, -0.05) is 36.4 Å². The van der Waals surface area contributed by atoms with Crippen LogP contribution in [0, 0.1) is 0 Å². The number of para-hydroxylation sites is 1. The van der Waals surface area contributed by atoms with Gasteiger partial charge in [-0.3, -0.25) is 4.79 Å². The molecule has 2 rings (SSSR count). The normalized spacial score (nSPS) is 10.3. The molecular formula is C17H20N2O2. The molecule has 0 aliphatic heterocycles. The third kappa shape index (κ3) is 4.07. The van der Waals surface area contributed by atoms with E-state index in [4.69, 9.17) is 10.5 Å². The highest BCUT2D eigenvalue weighted by Crippen LogP contribution is 2.18. The summed E-state index contributed by atoms with van der Waals surface area (Å²) in [4.78, 5) is 11.4. The zero-order chi connectivity index (χ0) is 15.1. The van der Waals surface area contributed by atoms with Gasteiger partial charge < -0.3 is 15.8 Å². The zero-order valence-electron chi connectivity index (χ0n) is 12.1. The van der Waals surface area contributed by atoms with Crippen molar-refractivity contribution >= 4 is 11.6 Å². The summed E-state index contributed by atoms with van der Waals surface area (Å²) in [7, 11) is 1.69. The maximum absolute atomic E-state index is 11.4. The molecule has 0 bridgehead atoms. The number of carbonyl (C=O) groups excluding carboxylic acids is 1. The van der Waals surface area contributed by atoms with E-state index in [1.807, 2.05) is 36.4 Å². The Hall–Kier alpha value is -2.33. The van der Waals surface area contributed by atoms with E-state index in [1.165, 1.54) is 5.56 Å². The molecule has 2 aromatic carbocycles. The quantitative estimate of drug-likeness (QED) is 0.821. The van der Waals surface area contributed by atoms with Crippen LogP contribution in [0.25, 0.3) is 0 Å². The van der Waals surface area contributed by atoms with E-state index in [1.54, 1.807) is 13.2 Å². The standard InChI is InChI=1S/C17H20N2O2/c1-21-11-10-13-6-3-5-9-16(13)19-12-14-7-2-4-8-15(14)17(18)20/h2-9,19H,10-12H2,1H3,(H2,18,20). The number of anilines is 1. The summed E-state index contributed by atoms with van der Waals surface area (Å²) in [5, 5.41) is 3.37. The van der Waals surface area contributed by atoms with Crippen LogP contribution in [0.4, 0.5) is 5.69 Å². The van der Waals surface area contributed by atoms with Gasteiger partial charge in [-0.05, 0) is 29.7 Å². The largest absolute Gasteiger partial charge is 0.384 e. The van der Waals surface area contributed by atoms with Gasteiger partial charge in [0.2, 0.25) is 5.91 Å². The number of methoxy groups -OCH3 is 1. The number of nitrogens with one attached hydrogen (secondary N) is 1. The molecule has 4 heteroatoms. The van der Waals surface area contributed by atoms with E-state index in [-0.39, 0.29) is 0 Å². The van der Waals surface area contributed by atoms with E-state index in [2.05, 4.69) is 11.4 Å². The summed E-state index contributed by atoms with van der Waals surface area (Å²) >= 11 is 0. The highest BCUT2D eigenvalue weighted by molar-refractivity contribution is 5.94. The van der Waals surface area contributed by atoms with E-state index in [0.29, 0.717) is 18.7 Å². The minimum atomic E-state index is -0.403. The fourth-order valence-corrected chi connectivity index (χ4v) is 2.23. The number of hydrogen-bond donors (Lipinski definition) is 2. The van der Waals surface area contributed by atoms with Crippen molar-refractivity contribution in [3.63, 3.8) is 0 Å². The minimum absolute atomic E-state index is 0.403. The van der Waals surface area contributed by atoms with E-state index in [0.717, 1.165) is 17.7 Å². The van der Waals surface area contributed by atoms with Gasteiger partial charge in [0.25, 0.3) is 0 Å². The Balaban J connectivity index is 2.12. The van der Waals surface area contributed by atoms with Crippen LogP contribution in [0.2, 0.25) is 0 Å². The highest BCUT2D eigenvalue weighted by Gasteiger charge is 2.07. The summed E-state index contributed by atoms with van der Waals surface area (Å²) < 4.78 is 5.13. The van der Waals surface area contributed by atoms with Crippen molar-refractivity contribution in [3.05, 3.63) is 65.2 Å². The number of amides is 1. The molecule has 0 saturated carbocycles. The third-order valence-electron chi connectivity index (χ3n) is 3.35. The number of nitrogens with two attached hydrogens (primary N) is 1. The number of ether oxygens (including phenoxy) is 1. The lowest BCUT2D eigenvalue weighted by molar-refractivity contribution is 0.0999. The molecule has 0 aromatic heterocycles. The topological polar surface area (TPSA) is 64.3 Å². The first-order valence-electron chi connectivity index (χ1n) is 6.91. The summed E-state index contributed by atoms with van der Waals surface area (Å²) in [5.74, 6) is -0.403. The lowest BCUT2D eigenvalue weighted by Gasteiger charge is -2.13. The van der Waals surface area contributed by atoms with Crippen LogP contribution in [0.1, 0.15) is 21.5 Å². The molecule has 0 fully saturated rings. The second-order valence-corrected chi connectivity index (χ2v) is 4.77. The lowest BCUT2D eigenvalue weighted by Crippen LogP contribution is -2.15. The molecule has 0 spiro atoms. The van der Waals surface area contributed by atoms with Gasteiger partial charge in [0.05, 0.1) is 6.61 Å². The highest BCUT2D eigenvalue weighted by atomic mass is 16.5. The van der Waals surface area contributed by atoms with Gasteiger partial charge >= 0.3 is 0 Å². The Morgan fingerprint density at radius 2 is 1.76 bits per heavy atom. The van der Waals surface area contributed by atoms with Crippen molar-refractivity contribution in [3.8, 4) is 0 Å². The predicted molar refractivity (Wildman–Crippen MR) is 84.3 cm³/mol. The van der Waals surface area contributed by atoms with Crippen LogP contribution < -0.4 is 11.1 Å². The molecule has 0 unspecified atom stereocenters.